The van der Waals surface area contributed by atoms with E-state index in [1.54, 1.807) is 6.08 Å². The van der Waals surface area contributed by atoms with Gasteiger partial charge in [-0.25, -0.2) is 0 Å². The summed E-state index contributed by atoms with van der Waals surface area (Å²) in [5, 5.41) is 0. The number of ether oxygens (including phenoxy) is 1. The number of rotatable bonds is 3. The van der Waals surface area contributed by atoms with Crippen LogP contribution in [0.25, 0.3) is 0 Å². The Morgan fingerprint density at radius 2 is 1.85 bits per heavy atom. The highest BCUT2D eigenvalue weighted by molar-refractivity contribution is 5.90. The summed E-state index contributed by atoms with van der Waals surface area (Å²) in [6.45, 7) is 0.715. The lowest BCUT2D eigenvalue weighted by Gasteiger charge is -2.39. The zero-order valence-corrected chi connectivity index (χ0v) is 11.9. The first kappa shape index (κ1) is 13.6. The quantitative estimate of drug-likeness (QED) is 0.828. The molecular formula is C18H22O2. The third-order valence-corrected chi connectivity index (χ3v) is 4.75. The van der Waals surface area contributed by atoms with Gasteiger partial charge in [0.05, 0.1) is 12.7 Å². The number of benzene rings is 1. The van der Waals surface area contributed by atoms with Gasteiger partial charge in [0.1, 0.15) is 0 Å². The summed E-state index contributed by atoms with van der Waals surface area (Å²) in [6.07, 6.45) is 10.7. The molecule has 2 nitrogen and oxygen atoms in total. The molecule has 1 spiro atoms. The number of carbonyl (C=O) groups excluding carboxylic acids is 1. The Morgan fingerprint density at radius 1 is 1.10 bits per heavy atom. The molecule has 2 aliphatic carbocycles. The highest BCUT2D eigenvalue weighted by Gasteiger charge is 2.35. The van der Waals surface area contributed by atoms with E-state index in [4.69, 9.17) is 4.74 Å². The van der Waals surface area contributed by atoms with Gasteiger partial charge in [0.15, 0.2) is 5.78 Å². The van der Waals surface area contributed by atoms with Gasteiger partial charge < -0.3 is 4.74 Å². The van der Waals surface area contributed by atoms with Crippen LogP contribution in [-0.4, -0.2) is 11.9 Å². The third-order valence-electron chi connectivity index (χ3n) is 4.75. The number of hydrogen-bond donors (Lipinski definition) is 0. The van der Waals surface area contributed by atoms with Crippen molar-refractivity contribution in [2.24, 2.45) is 5.41 Å². The fourth-order valence-corrected chi connectivity index (χ4v) is 3.35. The summed E-state index contributed by atoms with van der Waals surface area (Å²) in [5.41, 5.74) is 1.54. The smallest absolute Gasteiger partial charge is 0.155 e. The lowest BCUT2D eigenvalue weighted by molar-refractivity contribution is -0.116. The van der Waals surface area contributed by atoms with E-state index in [0.29, 0.717) is 18.1 Å². The Balaban J connectivity index is 1.49. The van der Waals surface area contributed by atoms with Gasteiger partial charge in [0, 0.05) is 6.42 Å². The summed E-state index contributed by atoms with van der Waals surface area (Å²) in [7, 11) is 0. The molecule has 1 aromatic carbocycles. The van der Waals surface area contributed by atoms with Crippen LogP contribution >= 0.6 is 0 Å². The minimum atomic E-state index is 0.290. The first-order chi connectivity index (χ1) is 9.76. The van der Waals surface area contributed by atoms with Crippen molar-refractivity contribution in [3.05, 3.63) is 48.0 Å². The highest BCUT2D eigenvalue weighted by atomic mass is 16.5. The van der Waals surface area contributed by atoms with E-state index in [1.165, 1.54) is 5.56 Å². The van der Waals surface area contributed by atoms with Crippen molar-refractivity contribution in [3.8, 4) is 0 Å². The van der Waals surface area contributed by atoms with E-state index in [9.17, 15) is 4.79 Å². The van der Waals surface area contributed by atoms with Crippen LogP contribution < -0.4 is 0 Å². The fraction of sp³-hybridized carbons (Fsp3) is 0.500. The van der Waals surface area contributed by atoms with E-state index >= 15 is 0 Å². The zero-order valence-electron chi connectivity index (χ0n) is 11.9. The molecule has 0 bridgehead atoms. The van der Waals surface area contributed by atoms with Crippen molar-refractivity contribution in [1.82, 2.24) is 0 Å². The SMILES string of the molecule is O=C1C=CC2(CC1)CCC(OCc1ccccc1)CC2. The van der Waals surface area contributed by atoms with Crippen LogP contribution in [0.2, 0.25) is 0 Å². The van der Waals surface area contributed by atoms with Gasteiger partial charge in [-0.3, -0.25) is 4.79 Å². The van der Waals surface area contributed by atoms with E-state index < -0.39 is 0 Å². The number of carbonyl (C=O) groups is 1. The van der Waals surface area contributed by atoms with Crippen LogP contribution in [0.4, 0.5) is 0 Å². The largest absolute Gasteiger partial charge is 0.374 e. The second kappa shape index (κ2) is 5.92. The average molecular weight is 270 g/mol. The van der Waals surface area contributed by atoms with Crippen LogP contribution in [0.1, 0.15) is 44.1 Å². The Labute approximate surface area is 120 Å². The minimum Gasteiger partial charge on any atom is -0.374 e. The molecule has 106 valence electrons. The molecule has 0 heterocycles. The van der Waals surface area contributed by atoms with Crippen molar-refractivity contribution >= 4 is 5.78 Å². The zero-order chi connectivity index (χ0) is 13.8. The summed E-state index contributed by atoms with van der Waals surface area (Å²) in [6, 6.07) is 10.4. The molecule has 0 saturated heterocycles. The molecule has 3 rings (SSSR count). The predicted octanol–water partition coefficient (Wildman–Crippen LogP) is 4.05. The number of ketones is 1. The Hall–Kier alpha value is -1.41. The first-order valence-electron chi connectivity index (χ1n) is 7.63. The topological polar surface area (TPSA) is 26.3 Å². The van der Waals surface area contributed by atoms with Gasteiger partial charge in [-0.05, 0) is 49.2 Å². The van der Waals surface area contributed by atoms with Gasteiger partial charge in [-0.15, -0.1) is 0 Å². The summed E-state index contributed by atoms with van der Waals surface area (Å²) < 4.78 is 6.03. The molecule has 0 radical (unpaired) electrons. The van der Waals surface area contributed by atoms with Crippen LogP contribution in [0, 0.1) is 5.41 Å². The molecule has 0 unspecified atom stereocenters. The molecule has 1 fully saturated rings. The van der Waals surface area contributed by atoms with Gasteiger partial charge in [-0.2, -0.15) is 0 Å². The minimum absolute atomic E-state index is 0.290. The van der Waals surface area contributed by atoms with Crippen molar-refractivity contribution < 1.29 is 9.53 Å². The lowest BCUT2D eigenvalue weighted by Crippen LogP contribution is -2.31. The van der Waals surface area contributed by atoms with Crippen LogP contribution in [-0.2, 0) is 16.1 Å². The van der Waals surface area contributed by atoms with Crippen molar-refractivity contribution in [2.45, 2.75) is 51.2 Å². The van der Waals surface area contributed by atoms with E-state index in [0.717, 1.165) is 38.5 Å². The molecule has 0 amide bonds. The van der Waals surface area contributed by atoms with Crippen LogP contribution in [0.3, 0.4) is 0 Å². The summed E-state index contributed by atoms with van der Waals surface area (Å²) in [5.74, 6) is 0.290. The van der Waals surface area contributed by atoms with E-state index in [1.807, 2.05) is 6.07 Å². The van der Waals surface area contributed by atoms with Gasteiger partial charge >= 0.3 is 0 Å². The van der Waals surface area contributed by atoms with Crippen molar-refractivity contribution in [2.75, 3.05) is 0 Å². The monoisotopic (exact) mass is 270 g/mol. The highest BCUT2D eigenvalue weighted by Crippen LogP contribution is 2.44. The summed E-state index contributed by atoms with van der Waals surface area (Å²) >= 11 is 0. The van der Waals surface area contributed by atoms with Crippen molar-refractivity contribution in [3.63, 3.8) is 0 Å². The summed E-state index contributed by atoms with van der Waals surface area (Å²) in [4.78, 5) is 11.3. The lowest BCUT2D eigenvalue weighted by atomic mass is 9.68. The maximum absolute atomic E-state index is 11.3. The maximum atomic E-state index is 11.3. The van der Waals surface area contributed by atoms with Crippen LogP contribution in [0.5, 0.6) is 0 Å². The Morgan fingerprint density at radius 3 is 2.50 bits per heavy atom. The van der Waals surface area contributed by atoms with Gasteiger partial charge in [0.2, 0.25) is 0 Å². The molecule has 0 atom stereocenters. The first-order valence-corrected chi connectivity index (χ1v) is 7.63. The molecule has 1 aromatic rings. The molecule has 1 saturated carbocycles. The van der Waals surface area contributed by atoms with Crippen molar-refractivity contribution in [1.29, 1.82) is 0 Å². The third kappa shape index (κ3) is 3.18. The van der Waals surface area contributed by atoms with Crippen LogP contribution in [0.15, 0.2) is 42.5 Å². The van der Waals surface area contributed by atoms with Gasteiger partial charge in [-0.1, -0.05) is 36.4 Å². The molecular weight excluding hydrogens is 248 g/mol. The number of hydrogen-bond acceptors (Lipinski definition) is 2. The normalized spacial score (nSPS) is 29.8. The Kier molecular flexibility index (Phi) is 4.02. The Bertz CT molecular complexity index is 481. The molecule has 0 N–H and O–H groups in total. The molecule has 0 aliphatic heterocycles. The predicted molar refractivity (Wildman–Crippen MR) is 79.3 cm³/mol. The van der Waals surface area contributed by atoms with Gasteiger partial charge in [0.25, 0.3) is 0 Å². The number of allylic oxidation sites excluding steroid dienone is 2. The van der Waals surface area contributed by atoms with E-state index in [2.05, 4.69) is 30.3 Å². The maximum Gasteiger partial charge on any atom is 0.155 e. The van der Waals surface area contributed by atoms with E-state index in [-0.39, 0.29) is 5.78 Å². The molecule has 20 heavy (non-hydrogen) atoms. The fourth-order valence-electron chi connectivity index (χ4n) is 3.35. The molecule has 2 heteroatoms. The molecule has 0 aromatic heterocycles. The standard InChI is InChI=1S/C18H22O2/c19-16-6-10-18(11-7-16)12-8-17(9-13-18)20-14-15-4-2-1-3-5-15/h1-6,10,17H,7-9,11-14H2. The second-order valence-corrected chi connectivity index (χ2v) is 6.16. The average Bonchev–Trinajstić information content (AvgIpc) is 2.51. The molecule has 2 aliphatic rings. The second-order valence-electron chi connectivity index (χ2n) is 6.16.